The zero-order valence-electron chi connectivity index (χ0n) is 17.0. The number of hydrogen-bond acceptors (Lipinski definition) is 7. The first-order chi connectivity index (χ1) is 15.3. The number of aryl methyl sites for hydroxylation is 2. The van der Waals surface area contributed by atoms with Crippen LogP contribution in [-0.4, -0.2) is 51.2 Å². The molecule has 2 atom stereocenters. The maximum atomic E-state index is 12.6. The third-order valence-electron chi connectivity index (χ3n) is 4.79. The van der Waals surface area contributed by atoms with Crippen molar-refractivity contribution in [1.82, 2.24) is 29.3 Å². The number of hydrogen-bond donors (Lipinski definition) is 1. The average Bonchev–Trinajstić information content (AvgIpc) is 3.17. The second kappa shape index (κ2) is 8.02. The number of pyridine rings is 1. The van der Waals surface area contributed by atoms with Gasteiger partial charge in [-0.1, -0.05) is 11.6 Å². The third-order valence-corrected chi connectivity index (χ3v) is 6.51. The van der Waals surface area contributed by atoms with Gasteiger partial charge in [-0.25, -0.2) is 22.8 Å². The lowest BCUT2D eigenvalue weighted by Gasteiger charge is -2.08. The maximum absolute atomic E-state index is 12.6. The molecule has 0 saturated heterocycles. The smallest absolute Gasteiger partial charge is 0.395 e. The fourth-order valence-corrected chi connectivity index (χ4v) is 4.51. The highest BCUT2D eigenvalue weighted by atomic mass is 35.5. The van der Waals surface area contributed by atoms with Crippen LogP contribution in [0.3, 0.4) is 0 Å². The first-order valence-corrected chi connectivity index (χ1v) is 11.2. The molecule has 0 aliphatic heterocycles. The van der Waals surface area contributed by atoms with Crippen LogP contribution in [-0.2, 0) is 17.1 Å². The Hall–Kier alpha value is -3.13. The predicted octanol–water partition coefficient (Wildman–Crippen LogP) is 2.41. The Morgan fingerprint density at radius 2 is 2.00 bits per heavy atom. The molecule has 15 heteroatoms. The predicted molar refractivity (Wildman–Crippen MR) is 108 cm³/mol. The first-order valence-electron chi connectivity index (χ1n) is 9.38. The van der Waals surface area contributed by atoms with Crippen LogP contribution in [0.15, 0.2) is 35.5 Å². The second-order valence-corrected chi connectivity index (χ2v) is 9.34. The highest BCUT2D eigenvalue weighted by Gasteiger charge is 2.58. The number of ether oxygens (including phenoxy) is 1. The summed E-state index contributed by atoms with van der Waals surface area (Å²) < 4.78 is 72.5. The van der Waals surface area contributed by atoms with Crippen LogP contribution >= 0.6 is 11.6 Å². The Bertz CT molecular complexity index is 1340. The van der Waals surface area contributed by atoms with E-state index in [4.69, 9.17) is 16.3 Å². The minimum Gasteiger partial charge on any atom is -0.473 e. The van der Waals surface area contributed by atoms with Gasteiger partial charge in [-0.05, 0) is 25.5 Å². The normalized spacial score (nSPS) is 18.2. The Balaban J connectivity index is 1.47. The van der Waals surface area contributed by atoms with Gasteiger partial charge >= 0.3 is 6.18 Å². The highest BCUT2D eigenvalue weighted by Crippen LogP contribution is 2.46. The zero-order chi connectivity index (χ0) is 24.1. The van der Waals surface area contributed by atoms with Crippen molar-refractivity contribution in [2.75, 3.05) is 0 Å². The molecular weight excluding hydrogens is 489 g/mol. The molecule has 3 aromatic heterocycles. The Labute approximate surface area is 190 Å². The molecule has 3 aromatic rings. The summed E-state index contributed by atoms with van der Waals surface area (Å²) in [7, 11) is -2.66. The minimum atomic E-state index is -4.32. The summed E-state index contributed by atoms with van der Waals surface area (Å²) in [5.74, 6) is -2.40. The molecule has 1 aliphatic carbocycles. The number of alkyl halides is 3. The summed E-state index contributed by atoms with van der Waals surface area (Å²) in [4.78, 5) is 16.3. The molecule has 1 fully saturated rings. The number of sulfonamides is 1. The van der Waals surface area contributed by atoms with Crippen LogP contribution in [0.25, 0.3) is 5.82 Å². The molecule has 0 bridgehead atoms. The van der Waals surface area contributed by atoms with Crippen molar-refractivity contribution in [1.29, 1.82) is 0 Å². The Kier molecular flexibility index (Phi) is 5.60. The van der Waals surface area contributed by atoms with E-state index in [1.165, 1.54) is 46.9 Å². The van der Waals surface area contributed by atoms with Gasteiger partial charge in [0.05, 0.1) is 17.2 Å². The number of carbonyl (C=O) groups excluding carboxylic acids is 1. The molecule has 1 N–H and O–H groups in total. The molecule has 1 saturated carbocycles. The van der Waals surface area contributed by atoms with Crippen molar-refractivity contribution >= 4 is 27.5 Å². The number of rotatable bonds is 6. The van der Waals surface area contributed by atoms with Crippen molar-refractivity contribution in [3.63, 3.8) is 0 Å². The van der Waals surface area contributed by atoms with Crippen molar-refractivity contribution in [2.24, 2.45) is 13.0 Å². The SMILES string of the molecule is Cc1nn(C)cc1S(=O)(=O)NC(=O)c1ccc(-n2ccc(O[C@H]3C[C@H]3C(F)(F)F)n2)nc1Cl. The van der Waals surface area contributed by atoms with Gasteiger partial charge in [0.2, 0.25) is 5.88 Å². The van der Waals surface area contributed by atoms with E-state index < -0.39 is 34.1 Å². The van der Waals surface area contributed by atoms with E-state index in [2.05, 4.69) is 15.2 Å². The molecular formula is C18H16ClF3N6O4S. The number of amides is 1. The summed E-state index contributed by atoms with van der Waals surface area (Å²) in [5, 5.41) is 7.63. The number of nitrogens with zero attached hydrogens (tertiary/aromatic N) is 5. The van der Waals surface area contributed by atoms with Crippen LogP contribution in [0.5, 0.6) is 5.88 Å². The second-order valence-electron chi connectivity index (χ2n) is 7.33. The largest absolute Gasteiger partial charge is 0.473 e. The molecule has 1 aliphatic rings. The molecule has 0 unspecified atom stereocenters. The van der Waals surface area contributed by atoms with Gasteiger partial charge in [0.15, 0.2) is 5.82 Å². The molecule has 0 aromatic carbocycles. The van der Waals surface area contributed by atoms with Crippen LogP contribution < -0.4 is 9.46 Å². The molecule has 1 amide bonds. The number of aromatic nitrogens is 5. The summed E-state index contributed by atoms with van der Waals surface area (Å²) in [6.07, 6.45) is -2.78. The Morgan fingerprint density at radius 1 is 1.27 bits per heavy atom. The third kappa shape index (κ3) is 4.80. The van der Waals surface area contributed by atoms with Gasteiger partial charge in [0, 0.05) is 25.5 Å². The van der Waals surface area contributed by atoms with Gasteiger partial charge in [0.25, 0.3) is 15.9 Å². The monoisotopic (exact) mass is 504 g/mol. The highest BCUT2D eigenvalue weighted by molar-refractivity contribution is 7.90. The standard InChI is InChI=1S/C18H16ClF3N6O4S/c1-9-13(8-27(2)24-9)33(30,31)26-17(29)10-3-4-14(23-16(10)19)28-6-5-15(25-28)32-12-7-11(12)18(20,21)22/h3-6,8,11-12H,7H2,1-2H3,(H,26,29)/t11-,12+/m1/s1. The van der Waals surface area contributed by atoms with Crippen molar-refractivity contribution in [3.05, 3.63) is 47.0 Å². The molecule has 33 heavy (non-hydrogen) atoms. The van der Waals surface area contributed by atoms with E-state index >= 15 is 0 Å². The fraction of sp³-hybridized carbons (Fsp3) is 0.333. The minimum absolute atomic E-state index is 0.0237. The number of carbonyl (C=O) groups is 1. The molecule has 176 valence electrons. The van der Waals surface area contributed by atoms with E-state index in [-0.39, 0.29) is 39.4 Å². The van der Waals surface area contributed by atoms with E-state index in [1.807, 2.05) is 4.72 Å². The lowest BCUT2D eigenvalue weighted by molar-refractivity contribution is -0.153. The lowest BCUT2D eigenvalue weighted by Crippen LogP contribution is -2.31. The van der Waals surface area contributed by atoms with Gasteiger partial charge < -0.3 is 4.74 Å². The van der Waals surface area contributed by atoms with Crippen LogP contribution in [0, 0.1) is 12.8 Å². The number of nitrogens with one attached hydrogen (secondary N) is 1. The van der Waals surface area contributed by atoms with Crippen LogP contribution in [0.4, 0.5) is 13.2 Å². The molecule has 4 rings (SSSR count). The van der Waals surface area contributed by atoms with Gasteiger partial charge in [-0.2, -0.15) is 18.3 Å². The van der Waals surface area contributed by atoms with Crippen molar-refractivity contribution in [3.8, 4) is 11.7 Å². The van der Waals surface area contributed by atoms with Gasteiger partial charge in [-0.3, -0.25) is 9.48 Å². The van der Waals surface area contributed by atoms with Crippen LogP contribution in [0.2, 0.25) is 5.15 Å². The molecule has 3 heterocycles. The topological polar surface area (TPSA) is 121 Å². The average molecular weight is 505 g/mol. The first kappa shape index (κ1) is 23.0. The molecule has 10 nitrogen and oxygen atoms in total. The Morgan fingerprint density at radius 3 is 2.58 bits per heavy atom. The van der Waals surface area contributed by atoms with E-state index in [0.717, 1.165) is 0 Å². The van der Waals surface area contributed by atoms with Crippen molar-refractivity contribution < 1.29 is 31.1 Å². The van der Waals surface area contributed by atoms with Crippen molar-refractivity contribution in [2.45, 2.75) is 30.5 Å². The number of halogens is 4. The van der Waals surface area contributed by atoms with E-state index in [0.29, 0.717) is 0 Å². The summed E-state index contributed by atoms with van der Waals surface area (Å²) in [6, 6.07) is 3.95. The zero-order valence-corrected chi connectivity index (χ0v) is 18.6. The quantitative estimate of drug-likeness (QED) is 0.512. The molecule has 0 radical (unpaired) electrons. The lowest BCUT2D eigenvalue weighted by atomic mass is 10.3. The summed E-state index contributed by atoms with van der Waals surface area (Å²) in [6.45, 7) is 1.48. The fourth-order valence-electron chi connectivity index (χ4n) is 3.09. The van der Waals surface area contributed by atoms with Gasteiger partial charge in [-0.15, -0.1) is 5.10 Å². The van der Waals surface area contributed by atoms with Gasteiger partial charge in [0.1, 0.15) is 16.2 Å². The van der Waals surface area contributed by atoms with E-state index in [9.17, 15) is 26.4 Å². The maximum Gasteiger partial charge on any atom is 0.395 e. The summed E-state index contributed by atoms with van der Waals surface area (Å²) in [5.41, 5.74) is 0.00184. The molecule has 0 spiro atoms. The van der Waals surface area contributed by atoms with E-state index in [1.54, 1.807) is 7.05 Å². The summed E-state index contributed by atoms with van der Waals surface area (Å²) >= 11 is 6.07. The van der Waals surface area contributed by atoms with Crippen LogP contribution in [0.1, 0.15) is 22.5 Å².